The van der Waals surface area contributed by atoms with Gasteiger partial charge in [0.2, 0.25) is 0 Å². The van der Waals surface area contributed by atoms with E-state index in [-0.39, 0.29) is 6.61 Å². The number of esters is 1. The van der Waals surface area contributed by atoms with Gasteiger partial charge in [0.25, 0.3) is 5.78 Å². The highest BCUT2D eigenvalue weighted by Crippen LogP contribution is 2.17. The fourth-order valence-electron chi connectivity index (χ4n) is 2.43. The number of benzene rings is 2. The van der Waals surface area contributed by atoms with Gasteiger partial charge >= 0.3 is 5.97 Å². The molecule has 0 bridgehead atoms. The van der Waals surface area contributed by atoms with Crippen LogP contribution in [-0.4, -0.2) is 16.7 Å². The zero-order chi connectivity index (χ0) is 16.2. The molecular weight excluding hydrogens is 290 g/mol. The van der Waals surface area contributed by atoms with E-state index in [4.69, 9.17) is 4.74 Å². The SMILES string of the molecule is Cc1ccccc1C(=O)C(=O)OCc1cccc2cccnc12. The zero-order valence-electron chi connectivity index (χ0n) is 12.7. The molecule has 3 aromatic rings. The van der Waals surface area contributed by atoms with Crippen LogP contribution in [0.2, 0.25) is 0 Å². The van der Waals surface area contributed by atoms with Crippen molar-refractivity contribution < 1.29 is 14.3 Å². The highest BCUT2D eigenvalue weighted by Gasteiger charge is 2.19. The first kappa shape index (κ1) is 14.9. The lowest BCUT2D eigenvalue weighted by atomic mass is 10.1. The summed E-state index contributed by atoms with van der Waals surface area (Å²) in [6.07, 6.45) is 1.69. The van der Waals surface area contributed by atoms with Crippen LogP contribution in [0.1, 0.15) is 21.5 Å². The molecule has 2 aromatic carbocycles. The molecule has 4 nitrogen and oxygen atoms in total. The predicted molar refractivity (Wildman–Crippen MR) is 87.0 cm³/mol. The Hall–Kier alpha value is -3.01. The first-order valence-electron chi connectivity index (χ1n) is 7.26. The molecule has 0 saturated carbocycles. The smallest absolute Gasteiger partial charge is 0.380 e. The van der Waals surface area contributed by atoms with Crippen LogP contribution in [0, 0.1) is 6.92 Å². The second-order valence-electron chi connectivity index (χ2n) is 5.21. The second-order valence-corrected chi connectivity index (χ2v) is 5.21. The van der Waals surface area contributed by atoms with Gasteiger partial charge in [0.1, 0.15) is 6.61 Å². The molecule has 1 aromatic heterocycles. The number of aromatic nitrogens is 1. The van der Waals surface area contributed by atoms with Crippen molar-refractivity contribution in [3.63, 3.8) is 0 Å². The minimum absolute atomic E-state index is 0.0187. The summed E-state index contributed by atoms with van der Waals surface area (Å²) in [5.41, 5.74) is 2.66. The number of hydrogen-bond donors (Lipinski definition) is 0. The third-order valence-electron chi connectivity index (χ3n) is 3.65. The maximum absolute atomic E-state index is 12.2. The Labute approximate surface area is 133 Å². The van der Waals surface area contributed by atoms with Gasteiger partial charge in [-0.1, -0.05) is 48.5 Å². The number of carbonyl (C=O) groups is 2. The molecule has 0 aliphatic rings. The minimum atomic E-state index is -0.854. The van der Waals surface area contributed by atoms with Gasteiger partial charge in [-0.3, -0.25) is 9.78 Å². The van der Waals surface area contributed by atoms with E-state index in [1.54, 1.807) is 31.3 Å². The van der Waals surface area contributed by atoms with Crippen LogP contribution in [-0.2, 0) is 16.1 Å². The van der Waals surface area contributed by atoms with E-state index in [2.05, 4.69) is 4.98 Å². The highest BCUT2D eigenvalue weighted by atomic mass is 16.5. The zero-order valence-corrected chi connectivity index (χ0v) is 12.7. The van der Waals surface area contributed by atoms with Crippen LogP contribution in [0.25, 0.3) is 10.9 Å². The Balaban J connectivity index is 1.76. The summed E-state index contributed by atoms with van der Waals surface area (Å²) >= 11 is 0. The summed E-state index contributed by atoms with van der Waals surface area (Å²) in [5, 5.41) is 0.964. The van der Waals surface area contributed by atoms with Gasteiger partial charge in [-0.05, 0) is 18.6 Å². The van der Waals surface area contributed by atoms with E-state index in [1.165, 1.54) is 0 Å². The first-order valence-corrected chi connectivity index (χ1v) is 7.26. The average molecular weight is 305 g/mol. The molecule has 0 saturated heterocycles. The van der Waals surface area contributed by atoms with Gasteiger partial charge in [0, 0.05) is 22.7 Å². The first-order chi connectivity index (χ1) is 11.2. The molecule has 0 atom stereocenters. The number of hydrogen-bond acceptors (Lipinski definition) is 4. The fourth-order valence-corrected chi connectivity index (χ4v) is 2.43. The van der Waals surface area contributed by atoms with Gasteiger partial charge in [-0.15, -0.1) is 0 Å². The molecule has 0 N–H and O–H groups in total. The highest BCUT2D eigenvalue weighted by molar-refractivity contribution is 6.41. The predicted octanol–water partition coefficient (Wildman–Crippen LogP) is 3.47. The average Bonchev–Trinajstić information content (AvgIpc) is 2.59. The summed E-state index contributed by atoms with van der Waals surface area (Å²) in [6, 6.07) is 16.4. The van der Waals surface area contributed by atoms with E-state index in [1.807, 2.05) is 36.4 Å². The Kier molecular flexibility index (Phi) is 4.15. The summed E-state index contributed by atoms with van der Waals surface area (Å²) in [4.78, 5) is 28.5. The van der Waals surface area contributed by atoms with Gasteiger partial charge in [0.15, 0.2) is 0 Å². The lowest BCUT2D eigenvalue weighted by molar-refractivity contribution is -0.139. The van der Waals surface area contributed by atoms with Crippen LogP contribution in [0.3, 0.4) is 0 Å². The molecule has 0 radical (unpaired) electrons. The third kappa shape index (κ3) is 3.11. The Morgan fingerprint density at radius 2 is 1.78 bits per heavy atom. The van der Waals surface area contributed by atoms with Crippen LogP contribution in [0.4, 0.5) is 0 Å². The molecule has 4 heteroatoms. The topological polar surface area (TPSA) is 56.3 Å². The van der Waals surface area contributed by atoms with Crippen molar-refractivity contribution in [2.75, 3.05) is 0 Å². The number of nitrogens with zero attached hydrogens (tertiary/aromatic N) is 1. The van der Waals surface area contributed by atoms with E-state index in [9.17, 15) is 9.59 Å². The van der Waals surface area contributed by atoms with Crippen LogP contribution in [0.5, 0.6) is 0 Å². The van der Waals surface area contributed by atoms with Crippen molar-refractivity contribution in [3.05, 3.63) is 77.5 Å². The lowest BCUT2D eigenvalue weighted by Gasteiger charge is -2.08. The van der Waals surface area contributed by atoms with Crippen LogP contribution < -0.4 is 0 Å². The van der Waals surface area contributed by atoms with E-state index < -0.39 is 11.8 Å². The molecule has 0 spiro atoms. The lowest BCUT2D eigenvalue weighted by Crippen LogP contribution is -2.18. The number of ketones is 1. The molecule has 3 rings (SSSR count). The number of rotatable bonds is 4. The number of ether oxygens (including phenoxy) is 1. The number of pyridine rings is 1. The Morgan fingerprint density at radius 1 is 1.00 bits per heavy atom. The van der Waals surface area contributed by atoms with Crippen molar-refractivity contribution in [1.82, 2.24) is 4.98 Å². The van der Waals surface area contributed by atoms with Crippen LogP contribution >= 0.6 is 0 Å². The second kappa shape index (κ2) is 6.40. The number of carbonyl (C=O) groups excluding carboxylic acids is 2. The molecule has 0 aliphatic heterocycles. The number of Topliss-reactive ketones (excluding diaryl/α,β-unsaturated/α-hetero) is 1. The quantitative estimate of drug-likeness (QED) is 0.421. The summed E-state index contributed by atoms with van der Waals surface area (Å²) in [7, 11) is 0. The molecule has 0 amide bonds. The van der Waals surface area contributed by atoms with Crippen molar-refractivity contribution >= 4 is 22.7 Å². The van der Waals surface area contributed by atoms with Gasteiger partial charge in [-0.25, -0.2) is 4.79 Å². The standard InChI is InChI=1S/C19H15NO3/c1-13-6-2-3-10-16(13)18(21)19(22)23-12-15-8-4-7-14-9-5-11-20-17(14)15/h2-11H,12H2,1H3. The molecule has 0 unspecified atom stereocenters. The number of aryl methyl sites for hydroxylation is 1. The van der Waals surface area contributed by atoms with Gasteiger partial charge in [0.05, 0.1) is 5.52 Å². The normalized spacial score (nSPS) is 10.5. The summed E-state index contributed by atoms with van der Waals surface area (Å²) < 4.78 is 5.18. The van der Waals surface area contributed by atoms with Gasteiger partial charge in [-0.2, -0.15) is 0 Å². The summed E-state index contributed by atoms with van der Waals surface area (Å²) in [6.45, 7) is 1.81. The fraction of sp³-hybridized carbons (Fsp3) is 0.105. The van der Waals surface area contributed by atoms with Crippen molar-refractivity contribution in [1.29, 1.82) is 0 Å². The maximum Gasteiger partial charge on any atom is 0.380 e. The van der Waals surface area contributed by atoms with Crippen molar-refractivity contribution in [3.8, 4) is 0 Å². The summed E-state index contributed by atoms with van der Waals surface area (Å²) in [5.74, 6) is -1.48. The number of para-hydroxylation sites is 1. The van der Waals surface area contributed by atoms with E-state index >= 15 is 0 Å². The molecule has 0 aliphatic carbocycles. The molecule has 114 valence electrons. The molecular formula is C19H15NO3. The maximum atomic E-state index is 12.2. The minimum Gasteiger partial charge on any atom is -0.455 e. The van der Waals surface area contributed by atoms with Crippen LogP contribution in [0.15, 0.2) is 60.8 Å². The Bertz CT molecular complexity index is 881. The van der Waals surface area contributed by atoms with Crippen molar-refractivity contribution in [2.24, 2.45) is 0 Å². The monoisotopic (exact) mass is 305 g/mol. The van der Waals surface area contributed by atoms with E-state index in [0.29, 0.717) is 5.56 Å². The molecule has 1 heterocycles. The Morgan fingerprint density at radius 3 is 2.61 bits per heavy atom. The van der Waals surface area contributed by atoms with Crippen molar-refractivity contribution in [2.45, 2.75) is 13.5 Å². The third-order valence-corrected chi connectivity index (χ3v) is 3.65. The molecule has 23 heavy (non-hydrogen) atoms. The molecule has 0 fully saturated rings. The van der Waals surface area contributed by atoms with Gasteiger partial charge < -0.3 is 4.74 Å². The largest absolute Gasteiger partial charge is 0.455 e. The number of fused-ring (bicyclic) bond motifs is 1. The van der Waals surface area contributed by atoms with E-state index in [0.717, 1.165) is 22.0 Å².